The topological polar surface area (TPSA) is 75.6 Å². The fourth-order valence-corrected chi connectivity index (χ4v) is 1.95. The number of carbonyl (C=O) groups is 2. The molecule has 20 heavy (non-hydrogen) atoms. The summed E-state index contributed by atoms with van der Waals surface area (Å²) in [6, 6.07) is 4.75. The molecule has 2 atom stereocenters. The third-order valence-corrected chi connectivity index (χ3v) is 3.49. The highest BCUT2D eigenvalue weighted by molar-refractivity contribution is 9.10. The molecule has 0 aliphatic heterocycles. The summed E-state index contributed by atoms with van der Waals surface area (Å²) in [5, 5.41) is 11.9. The highest BCUT2D eigenvalue weighted by Gasteiger charge is 2.21. The van der Waals surface area contributed by atoms with E-state index in [-0.39, 0.29) is 23.3 Å². The summed E-state index contributed by atoms with van der Waals surface area (Å²) in [6.07, 6.45) is 0.0363. The Kier molecular flexibility index (Phi) is 6.01. The molecule has 0 saturated heterocycles. The first-order valence-corrected chi connectivity index (χ1v) is 7.15. The third-order valence-electron chi connectivity index (χ3n) is 2.86. The molecule has 5 nitrogen and oxygen atoms in total. The lowest BCUT2D eigenvalue weighted by Gasteiger charge is -2.19. The van der Waals surface area contributed by atoms with Crippen molar-refractivity contribution in [2.45, 2.75) is 39.3 Å². The van der Waals surface area contributed by atoms with Crippen LogP contribution >= 0.6 is 15.9 Å². The van der Waals surface area contributed by atoms with Gasteiger partial charge in [0.05, 0.1) is 4.47 Å². The van der Waals surface area contributed by atoms with Crippen molar-refractivity contribution in [3.05, 3.63) is 28.2 Å². The first kappa shape index (κ1) is 16.5. The van der Waals surface area contributed by atoms with Gasteiger partial charge in [-0.05, 0) is 48.3 Å². The van der Waals surface area contributed by atoms with Gasteiger partial charge in [0.1, 0.15) is 11.3 Å². The van der Waals surface area contributed by atoms with Crippen LogP contribution in [0.2, 0.25) is 0 Å². The first-order valence-electron chi connectivity index (χ1n) is 6.35. The highest BCUT2D eigenvalue weighted by atomic mass is 79.9. The molecule has 0 aliphatic rings. The number of carbonyl (C=O) groups excluding carboxylic acids is 1. The molecule has 2 N–H and O–H groups in total. The second-order valence-electron chi connectivity index (χ2n) is 4.50. The molecule has 1 aromatic rings. The van der Waals surface area contributed by atoms with Gasteiger partial charge in [-0.2, -0.15) is 0 Å². The van der Waals surface area contributed by atoms with Crippen LogP contribution in [0, 0.1) is 0 Å². The molecule has 1 aromatic carbocycles. The predicted octanol–water partition coefficient (Wildman–Crippen LogP) is 2.83. The van der Waals surface area contributed by atoms with E-state index in [1.54, 1.807) is 19.1 Å². The van der Waals surface area contributed by atoms with Gasteiger partial charge in [-0.3, -0.25) is 4.79 Å². The number of rotatable bonds is 6. The second kappa shape index (κ2) is 7.28. The first-order chi connectivity index (χ1) is 9.36. The number of aromatic carboxylic acids is 1. The number of carboxylic acid groups (broad SMARTS) is 1. The van der Waals surface area contributed by atoms with Crippen molar-refractivity contribution in [1.29, 1.82) is 0 Å². The number of nitrogens with one attached hydrogen (secondary N) is 1. The largest absolute Gasteiger partial charge is 0.479 e. The zero-order valence-corrected chi connectivity index (χ0v) is 13.2. The predicted molar refractivity (Wildman–Crippen MR) is 79.1 cm³/mol. The van der Waals surface area contributed by atoms with Crippen molar-refractivity contribution in [2.24, 2.45) is 0 Å². The lowest BCUT2D eigenvalue weighted by atomic mass is 10.2. The molecule has 6 heteroatoms. The molecular weight excluding hydrogens is 326 g/mol. The van der Waals surface area contributed by atoms with Gasteiger partial charge in [-0.15, -0.1) is 0 Å². The average Bonchev–Trinajstić information content (AvgIpc) is 2.40. The Bertz CT molecular complexity index is 504. The smallest absolute Gasteiger partial charge is 0.339 e. The summed E-state index contributed by atoms with van der Waals surface area (Å²) >= 11 is 3.24. The van der Waals surface area contributed by atoms with Gasteiger partial charge in [0, 0.05) is 6.04 Å². The second-order valence-corrected chi connectivity index (χ2v) is 5.35. The fraction of sp³-hybridized carbons (Fsp3) is 0.429. The Morgan fingerprint density at radius 2 is 2.05 bits per heavy atom. The van der Waals surface area contributed by atoms with Crippen LogP contribution < -0.4 is 10.1 Å². The van der Waals surface area contributed by atoms with Crippen molar-refractivity contribution >= 4 is 27.8 Å². The van der Waals surface area contributed by atoms with Gasteiger partial charge in [0.25, 0.3) is 5.91 Å². The molecule has 0 spiro atoms. The van der Waals surface area contributed by atoms with Crippen molar-refractivity contribution in [1.82, 2.24) is 5.32 Å². The minimum Gasteiger partial charge on any atom is -0.479 e. The fourth-order valence-electron chi connectivity index (χ4n) is 1.49. The van der Waals surface area contributed by atoms with E-state index < -0.39 is 12.1 Å². The van der Waals surface area contributed by atoms with Crippen molar-refractivity contribution in [3.63, 3.8) is 0 Å². The van der Waals surface area contributed by atoms with E-state index in [1.165, 1.54) is 6.07 Å². The lowest BCUT2D eigenvalue weighted by molar-refractivity contribution is -0.127. The molecule has 110 valence electrons. The molecule has 1 rings (SSSR count). The number of carboxylic acids is 1. The van der Waals surface area contributed by atoms with E-state index in [1.807, 2.05) is 13.8 Å². The van der Waals surface area contributed by atoms with Crippen LogP contribution in [0.4, 0.5) is 0 Å². The number of hydrogen-bond acceptors (Lipinski definition) is 3. The number of benzene rings is 1. The molecule has 0 fully saturated rings. The highest BCUT2D eigenvalue weighted by Crippen LogP contribution is 2.30. The Hall–Kier alpha value is -1.56. The summed E-state index contributed by atoms with van der Waals surface area (Å²) in [5.74, 6) is -1.21. The number of halogens is 1. The zero-order chi connectivity index (χ0) is 15.3. The Balaban J connectivity index is 2.88. The minimum atomic E-state index is -1.10. The van der Waals surface area contributed by atoms with E-state index >= 15 is 0 Å². The summed E-state index contributed by atoms with van der Waals surface area (Å²) < 4.78 is 6.01. The molecule has 0 bridgehead atoms. The molecule has 2 unspecified atom stereocenters. The van der Waals surface area contributed by atoms with Crippen molar-refractivity contribution in [3.8, 4) is 5.75 Å². The monoisotopic (exact) mass is 343 g/mol. The Morgan fingerprint density at radius 1 is 1.40 bits per heavy atom. The molecule has 1 amide bonds. The Labute approximate surface area is 126 Å². The molecule has 0 heterocycles. The van der Waals surface area contributed by atoms with Crippen LogP contribution in [0.1, 0.15) is 37.6 Å². The molecular formula is C14H18BrNO4. The van der Waals surface area contributed by atoms with Crippen LogP contribution in [-0.2, 0) is 4.79 Å². The van der Waals surface area contributed by atoms with Gasteiger partial charge < -0.3 is 15.2 Å². The maximum absolute atomic E-state index is 11.9. The van der Waals surface area contributed by atoms with E-state index in [2.05, 4.69) is 21.2 Å². The normalized spacial score (nSPS) is 13.4. The van der Waals surface area contributed by atoms with Gasteiger partial charge in [0.15, 0.2) is 6.10 Å². The Morgan fingerprint density at radius 3 is 2.60 bits per heavy atom. The number of para-hydroxylation sites is 1. The van der Waals surface area contributed by atoms with Crippen LogP contribution in [0.3, 0.4) is 0 Å². The standard InChI is InChI=1S/C14H18BrNO4/c1-4-8(2)16-13(17)9(3)20-12-10(14(18)19)6-5-7-11(12)15/h5-9H,4H2,1-3H3,(H,16,17)(H,18,19). The lowest BCUT2D eigenvalue weighted by Crippen LogP contribution is -2.41. The van der Waals surface area contributed by atoms with Crippen molar-refractivity contribution in [2.75, 3.05) is 0 Å². The maximum atomic E-state index is 11.9. The van der Waals surface area contributed by atoms with E-state index in [0.717, 1.165) is 6.42 Å². The summed E-state index contributed by atoms with van der Waals surface area (Å²) in [5.41, 5.74) is 0.0163. The molecule has 0 radical (unpaired) electrons. The van der Waals surface area contributed by atoms with Gasteiger partial charge in [-0.1, -0.05) is 13.0 Å². The summed E-state index contributed by atoms with van der Waals surface area (Å²) in [7, 11) is 0. The van der Waals surface area contributed by atoms with Crippen molar-refractivity contribution < 1.29 is 19.4 Å². The van der Waals surface area contributed by atoms with Crippen LogP contribution in [0.15, 0.2) is 22.7 Å². The molecule has 0 saturated carbocycles. The molecule has 0 aromatic heterocycles. The van der Waals surface area contributed by atoms with Crippen LogP contribution in [0.25, 0.3) is 0 Å². The van der Waals surface area contributed by atoms with E-state index in [0.29, 0.717) is 4.47 Å². The maximum Gasteiger partial charge on any atom is 0.339 e. The molecule has 0 aliphatic carbocycles. The van der Waals surface area contributed by atoms with E-state index in [4.69, 9.17) is 9.84 Å². The number of amides is 1. The quantitative estimate of drug-likeness (QED) is 0.832. The van der Waals surface area contributed by atoms with Gasteiger partial charge >= 0.3 is 5.97 Å². The minimum absolute atomic E-state index is 0.0163. The average molecular weight is 344 g/mol. The number of hydrogen-bond donors (Lipinski definition) is 2. The van der Waals surface area contributed by atoms with Gasteiger partial charge in [0.2, 0.25) is 0 Å². The zero-order valence-electron chi connectivity index (χ0n) is 11.6. The summed E-state index contributed by atoms with van der Waals surface area (Å²) in [4.78, 5) is 23.1. The number of ether oxygens (including phenoxy) is 1. The third kappa shape index (κ3) is 4.23. The van der Waals surface area contributed by atoms with E-state index in [9.17, 15) is 9.59 Å². The summed E-state index contributed by atoms with van der Waals surface area (Å²) in [6.45, 7) is 5.45. The SMILES string of the molecule is CCC(C)NC(=O)C(C)Oc1c(Br)cccc1C(=O)O. The van der Waals surface area contributed by atoms with Crippen LogP contribution in [0.5, 0.6) is 5.75 Å². The van der Waals surface area contributed by atoms with Crippen LogP contribution in [-0.4, -0.2) is 29.1 Å². The van der Waals surface area contributed by atoms with Gasteiger partial charge in [-0.25, -0.2) is 4.79 Å².